The molecule has 0 aliphatic heterocycles. The number of carbonyl (C=O) groups is 3. The van der Waals surface area contributed by atoms with Gasteiger partial charge in [0.2, 0.25) is 0 Å². The molecule has 2 aliphatic carbocycles. The van der Waals surface area contributed by atoms with Crippen molar-refractivity contribution in [1.82, 2.24) is 0 Å². The number of esters is 1. The fourth-order valence-electron chi connectivity index (χ4n) is 6.04. The number of Topliss-reactive ketones (excluding diaryl/α,β-unsaturated/α-hetero) is 1. The van der Waals surface area contributed by atoms with Crippen LogP contribution in [0.1, 0.15) is 69.7 Å². The number of ketones is 1. The first-order chi connectivity index (χ1) is 14.2. The summed E-state index contributed by atoms with van der Waals surface area (Å²) in [6.45, 7) is 10.6. The van der Waals surface area contributed by atoms with Gasteiger partial charge in [0, 0.05) is 18.8 Å². The van der Waals surface area contributed by atoms with Crippen molar-refractivity contribution in [3.05, 3.63) is 48.0 Å². The van der Waals surface area contributed by atoms with Crippen molar-refractivity contribution in [2.75, 3.05) is 0 Å². The highest BCUT2D eigenvalue weighted by Gasteiger charge is 2.60. The monoisotopic (exact) mass is 412 g/mol. The summed E-state index contributed by atoms with van der Waals surface area (Å²) in [7, 11) is 0. The highest BCUT2D eigenvalue weighted by atomic mass is 16.6. The molecule has 5 heteroatoms. The third-order valence-corrected chi connectivity index (χ3v) is 7.25. The molecule has 0 aromatic heterocycles. The Morgan fingerprint density at radius 1 is 1.20 bits per heavy atom. The molecule has 0 bridgehead atoms. The Morgan fingerprint density at radius 2 is 1.90 bits per heavy atom. The van der Waals surface area contributed by atoms with Crippen LogP contribution in [0.25, 0.3) is 0 Å². The van der Waals surface area contributed by atoms with Gasteiger partial charge in [0.15, 0.2) is 0 Å². The largest absolute Gasteiger partial charge is 0.461 e. The zero-order valence-electron chi connectivity index (χ0n) is 18.2. The Balaban J connectivity index is 1.96. The maximum Gasteiger partial charge on any atom is 0.338 e. The van der Waals surface area contributed by atoms with Gasteiger partial charge in [-0.1, -0.05) is 37.3 Å². The van der Waals surface area contributed by atoms with Crippen molar-refractivity contribution >= 4 is 18.2 Å². The second-order valence-electron chi connectivity index (χ2n) is 9.33. The zero-order chi connectivity index (χ0) is 21.9. The van der Waals surface area contributed by atoms with Crippen molar-refractivity contribution in [2.45, 2.75) is 71.0 Å². The number of carbonyl (C=O) groups excluding carboxylic acids is 3. The summed E-state index contributed by atoms with van der Waals surface area (Å²) in [4.78, 5) is 35.9. The SMILES string of the molecule is C=C1C[C@@H](OC(=O)c2ccccc2)C2[C@](C)(OC=O)CCC[C@]2(C)[C@@H]1CCC(C)=O. The summed E-state index contributed by atoms with van der Waals surface area (Å²) in [6.07, 6.45) is 3.82. The summed E-state index contributed by atoms with van der Waals surface area (Å²) in [6, 6.07) is 8.93. The molecule has 162 valence electrons. The number of hydrogen-bond acceptors (Lipinski definition) is 5. The Labute approximate surface area is 178 Å². The molecule has 0 amide bonds. The normalized spacial score (nSPS) is 33.3. The molecular weight excluding hydrogens is 380 g/mol. The molecule has 0 radical (unpaired) electrons. The van der Waals surface area contributed by atoms with Gasteiger partial charge in [-0.2, -0.15) is 0 Å². The van der Waals surface area contributed by atoms with E-state index in [0.29, 0.717) is 24.9 Å². The molecule has 0 spiro atoms. The summed E-state index contributed by atoms with van der Waals surface area (Å²) in [5, 5.41) is 0. The van der Waals surface area contributed by atoms with E-state index in [1.54, 1.807) is 31.2 Å². The number of rotatable bonds is 7. The summed E-state index contributed by atoms with van der Waals surface area (Å²) < 4.78 is 11.7. The van der Waals surface area contributed by atoms with E-state index in [9.17, 15) is 14.4 Å². The fourth-order valence-corrected chi connectivity index (χ4v) is 6.04. The van der Waals surface area contributed by atoms with Crippen LogP contribution >= 0.6 is 0 Å². The highest BCUT2D eigenvalue weighted by Crippen LogP contribution is 2.60. The Hall–Kier alpha value is -2.43. The molecule has 0 heterocycles. The minimum Gasteiger partial charge on any atom is -0.461 e. The van der Waals surface area contributed by atoms with Gasteiger partial charge in [-0.3, -0.25) is 4.79 Å². The standard InChI is InChI=1S/C25H32O5/c1-17-15-21(30-23(28)19-9-6-5-7-10-19)22-24(3,20(17)12-11-18(2)27)13-8-14-25(22,4)29-16-26/h5-7,9-10,16,20-22H,1,8,11-15H2,2-4H3/t20-,21-,22?,24-,25-/m1/s1. The molecule has 2 fully saturated rings. The molecule has 2 aliphatic rings. The summed E-state index contributed by atoms with van der Waals surface area (Å²) in [5.74, 6) is -0.271. The van der Waals surface area contributed by atoms with Gasteiger partial charge in [-0.15, -0.1) is 0 Å². The molecule has 1 aromatic rings. The van der Waals surface area contributed by atoms with E-state index in [0.717, 1.165) is 31.3 Å². The molecule has 30 heavy (non-hydrogen) atoms. The molecule has 1 unspecified atom stereocenters. The Kier molecular flexibility index (Phi) is 6.49. The van der Waals surface area contributed by atoms with Gasteiger partial charge in [-0.25, -0.2) is 4.79 Å². The van der Waals surface area contributed by atoms with Crippen LogP contribution < -0.4 is 0 Å². The van der Waals surface area contributed by atoms with Gasteiger partial charge in [0.1, 0.15) is 17.5 Å². The third kappa shape index (κ3) is 4.21. The predicted molar refractivity (Wildman–Crippen MR) is 114 cm³/mol. The van der Waals surface area contributed by atoms with Gasteiger partial charge in [0.25, 0.3) is 6.47 Å². The van der Waals surface area contributed by atoms with Crippen molar-refractivity contribution in [3.8, 4) is 0 Å². The van der Waals surface area contributed by atoms with E-state index in [2.05, 4.69) is 13.5 Å². The van der Waals surface area contributed by atoms with Crippen LogP contribution in [0.15, 0.2) is 42.5 Å². The van der Waals surface area contributed by atoms with Crippen LogP contribution in [-0.2, 0) is 19.1 Å². The van der Waals surface area contributed by atoms with Gasteiger partial charge in [-0.05, 0) is 63.0 Å². The maximum absolute atomic E-state index is 12.9. The Bertz CT molecular complexity index is 816. The van der Waals surface area contributed by atoms with Gasteiger partial charge < -0.3 is 14.3 Å². The fraction of sp³-hybridized carbons (Fsp3) is 0.560. The smallest absolute Gasteiger partial charge is 0.338 e. The van der Waals surface area contributed by atoms with Crippen LogP contribution in [-0.4, -0.2) is 29.9 Å². The molecular formula is C25H32O5. The number of ether oxygens (including phenoxy) is 2. The van der Waals surface area contributed by atoms with E-state index in [4.69, 9.17) is 9.47 Å². The molecule has 5 nitrogen and oxygen atoms in total. The quantitative estimate of drug-likeness (QED) is 0.362. The van der Waals surface area contributed by atoms with Crippen LogP contribution in [0, 0.1) is 17.3 Å². The minimum atomic E-state index is -0.731. The molecule has 0 N–H and O–H groups in total. The molecule has 0 saturated heterocycles. The third-order valence-electron chi connectivity index (χ3n) is 7.25. The molecule has 1 aromatic carbocycles. The lowest BCUT2D eigenvalue weighted by Gasteiger charge is -2.59. The summed E-state index contributed by atoms with van der Waals surface area (Å²) >= 11 is 0. The number of hydrogen-bond donors (Lipinski definition) is 0. The number of fused-ring (bicyclic) bond motifs is 1. The Morgan fingerprint density at radius 3 is 2.53 bits per heavy atom. The van der Waals surface area contributed by atoms with Crippen molar-refractivity contribution in [2.24, 2.45) is 17.3 Å². The second kappa shape index (κ2) is 8.75. The van der Waals surface area contributed by atoms with Crippen molar-refractivity contribution in [3.63, 3.8) is 0 Å². The predicted octanol–water partition coefficient (Wildman–Crippen LogP) is 4.90. The first kappa shape index (κ1) is 22.3. The lowest BCUT2D eigenvalue weighted by Crippen LogP contribution is -2.61. The first-order valence-corrected chi connectivity index (χ1v) is 10.8. The summed E-state index contributed by atoms with van der Waals surface area (Å²) in [5.41, 5.74) is 0.502. The lowest BCUT2D eigenvalue weighted by atomic mass is 9.48. The first-order valence-electron chi connectivity index (χ1n) is 10.8. The van der Waals surface area contributed by atoms with Crippen LogP contribution in [0.5, 0.6) is 0 Å². The zero-order valence-corrected chi connectivity index (χ0v) is 18.2. The molecule has 2 saturated carbocycles. The van der Waals surface area contributed by atoms with E-state index in [1.165, 1.54) is 0 Å². The number of benzene rings is 1. The van der Waals surface area contributed by atoms with E-state index >= 15 is 0 Å². The maximum atomic E-state index is 12.9. The lowest BCUT2D eigenvalue weighted by molar-refractivity contribution is -0.192. The van der Waals surface area contributed by atoms with E-state index < -0.39 is 11.7 Å². The minimum absolute atomic E-state index is 0.118. The molecule has 5 atom stereocenters. The second-order valence-corrected chi connectivity index (χ2v) is 9.33. The van der Waals surface area contributed by atoms with Gasteiger partial charge >= 0.3 is 5.97 Å². The van der Waals surface area contributed by atoms with E-state index in [-0.39, 0.29) is 29.0 Å². The topological polar surface area (TPSA) is 69.7 Å². The van der Waals surface area contributed by atoms with Crippen molar-refractivity contribution < 1.29 is 23.9 Å². The van der Waals surface area contributed by atoms with Crippen LogP contribution in [0.3, 0.4) is 0 Å². The van der Waals surface area contributed by atoms with Crippen LogP contribution in [0.4, 0.5) is 0 Å². The average Bonchev–Trinajstić information content (AvgIpc) is 2.67. The van der Waals surface area contributed by atoms with Crippen LogP contribution in [0.2, 0.25) is 0 Å². The van der Waals surface area contributed by atoms with E-state index in [1.807, 2.05) is 13.0 Å². The van der Waals surface area contributed by atoms with Crippen molar-refractivity contribution in [1.29, 1.82) is 0 Å². The van der Waals surface area contributed by atoms with Gasteiger partial charge in [0.05, 0.1) is 5.56 Å². The highest BCUT2D eigenvalue weighted by molar-refractivity contribution is 5.89. The average molecular weight is 413 g/mol. The molecule has 3 rings (SSSR count).